The lowest BCUT2D eigenvalue weighted by atomic mass is 10.2. The molecule has 2 aromatic heterocycles. The second-order valence-electron chi connectivity index (χ2n) is 7.65. The van der Waals surface area contributed by atoms with Gasteiger partial charge in [0, 0.05) is 31.0 Å². The molecule has 1 fully saturated rings. The zero-order valence-electron chi connectivity index (χ0n) is 15.9. The van der Waals surface area contributed by atoms with E-state index in [4.69, 9.17) is 4.42 Å². The standard InChI is InChI=1S/C22H24N4O2/c27-21(12-11-17-15-16-7-3-4-9-19(16)28-17)25-14-6-8-18(25)22-24-23-20-10-2-1-5-13-26(20)22/h3-4,7,9,11-12,15,18H,1-2,5-6,8,10,13-14H2/b12-11+. The van der Waals surface area contributed by atoms with E-state index in [-0.39, 0.29) is 11.9 Å². The van der Waals surface area contributed by atoms with Crippen LogP contribution in [-0.2, 0) is 17.8 Å². The molecule has 144 valence electrons. The highest BCUT2D eigenvalue weighted by Gasteiger charge is 2.33. The fraction of sp³-hybridized carbons (Fsp3) is 0.409. The van der Waals surface area contributed by atoms with Crippen LogP contribution in [0.3, 0.4) is 0 Å². The van der Waals surface area contributed by atoms with Crippen LogP contribution in [0.4, 0.5) is 0 Å². The molecule has 6 nitrogen and oxygen atoms in total. The maximum absolute atomic E-state index is 12.9. The van der Waals surface area contributed by atoms with Crippen LogP contribution in [0.25, 0.3) is 17.0 Å². The highest BCUT2D eigenvalue weighted by Crippen LogP contribution is 2.32. The fourth-order valence-corrected chi connectivity index (χ4v) is 4.39. The normalized spacial score (nSPS) is 20.0. The quantitative estimate of drug-likeness (QED) is 0.645. The van der Waals surface area contributed by atoms with Crippen molar-refractivity contribution in [2.24, 2.45) is 0 Å². The summed E-state index contributed by atoms with van der Waals surface area (Å²) in [6, 6.07) is 9.84. The Morgan fingerprint density at radius 3 is 2.96 bits per heavy atom. The van der Waals surface area contributed by atoms with Gasteiger partial charge >= 0.3 is 0 Å². The second kappa shape index (κ2) is 7.26. The number of furan rings is 1. The van der Waals surface area contributed by atoms with Gasteiger partial charge in [-0.2, -0.15) is 0 Å². The Morgan fingerprint density at radius 1 is 1.11 bits per heavy atom. The Bertz CT molecular complexity index is 999. The Balaban J connectivity index is 1.36. The largest absolute Gasteiger partial charge is 0.457 e. The molecule has 3 aromatic rings. The van der Waals surface area contributed by atoms with Gasteiger partial charge < -0.3 is 13.9 Å². The van der Waals surface area contributed by atoms with Crippen molar-refractivity contribution < 1.29 is 9.21 Å². The maximum atomic E-state index is 12.9. The predicted molar refractivity (Wildman–Crippen MR) is 107 cm³/mol. The Labute approximate surface area is 163 Å². The third-order valence-corrected chi connectivity index (χ3v) is 5.81. The molecule has 0 aliphatic carbocycles. The number of para-hydroxylation sites is 1. The van der Waals surface area contributed by atoms with E-state index in [9.17, 15) is 4.79 Å². The molecule has 28 heavy (non-hydrogen) atoms. The van der Waals surface area contributed by atoms with Crippen molar-refractivity contribution in [2.45, 2.75) is 51.1 Å². The summed E-state index contributed by atoms with van der Waals surface area (Å²) >= 11 is 0. The number of fused-ring (bicyclic) bond motifs is 2. The van der Waals surface area contributed by atoms with Crippen molar-refractivity contribution in [3.63, 3.8) is 0 Å². The van der Waals surface area contributed by atoms with Gasteiger partial charge in [-0.3, -0.25) is 4.79 Å². The maximum Gasteiger partial charge on any atom is 0.247 e. The summed E-state index contributed by atoms with van der Waals surface area (Å²) in [5.41, 5.74) is 0.833. The van der Waals surface area contributed by atoms with Gasteiger partial charge in [0.25, 0.3) is 0 Å². The average Bonchev–Trinajstić information content (AvgIpc) is 3.40. The number of carbonyl (C=O) groups is 1. The summed E-state index contributed by atoms with van der Waals surface area (Å²) in [7, 11) is 0. The van der Waals surface area contributed by atoms with E-state index in [1.807, 2.05) is 35.2 Å². The Morgan fingerprint density at radius 2 is 2.04 bits per heavy atom. The topological polar surface area (TPSA) is 64.2 Å². The Kier molecular flexibility index (Phi) is 4.47. The lowest BCUT2D eigenvalue weighted by Gasteiger charge is -2.23. The molecule has 0 saturated carbocycles. The van der Waals surface area contributed by atoms with Gasteiger partial charge in [0.2, 0.25) is 5.91 Å². The van der Waals surface area contributed by atoms with Crippen LogP contribution in [0.5, 0.6) is 0 Å². The van der Waals surface area contributed by atoms with Crippen LogP contribution in [0.1, 0.15) is 55.6 Å². The van der Waals surface area contributed by atoms with E-state index in [1.54, 1.807) is 12.2 Å². The number of hydrogen-bond acceptors (Lipinski definition) is 4. The minimum atomic E-state index is 0.00827. The van der Waals surface area contributed by atoms with Crippen molar-refractivity contribution in [3.05, 3.63) is 53.8 Å². The molecule has 0 radical (unpaired) electrons. The predicted octanol–water partition coefficient (Wildman–Crippen LogP) is 4.13. The molecule has 2 aliphatic rings. The van der Waals surface area contributed by atoms with Gasteiger partial charge in [0.05, 0.1) is 6.04 Å². The molecular weight excluding hydrogens is 352 g/mol. The van der Waals surface area contributed by atoms with Crippen LogP contribution in [0.2, 0.25) is 0 Å². The fourth-order valence-electron chi connectivity index (χ4n) is 4.39. The SMILES string of the molecule is O=C(/C=C/c1cc2ccccc2o1)N1CCCC1c1nnc2n1CCCCC2. The highest BCUT2D eigenvalue weighted by molar-refractivity contribution is 5.92. The van der Waals surface area contributed by atoms with E-state index in [1.165, 1.54) is 12.8 Å². The summed E-state index contributed by atoms with van der Waals surface area (Å²) in [6.45, 7) is 1.72. The molecule has 1 aromatic carbocycles. The lowest BCUT2D eigenvalue weighted by molar-refractivity contribution is -0.127. The summed E-state index contributed by atoms with van der Waals surface area (Å²) < 4.78 is 8.04. The zero-order chi connectivity index (χ0) is 18.9. The summed E-state index contributed by atoms with van der Waals surface area (Å²) in [6.07, 6.45) is 9.88. The molecule has 1 unspecified atom stereocenters. The van der Waals surface area contributed by atoms with Crippen molar-refractivity contribution in [2.75, 3.05) is 6.54 Å². The number of aromatic nitrogens is 3. The van der Waals surface area contributed by atoms with E-state index < -0.39 is 0 Å². The molecule has 0 N–H and O–H groups in total. The molecule has 0 bridgehead atoms. The third kappa shape index (κ3) is 3.13. The van der Waals surface area contributed by atoms with Crippen LogP contribution < -0.4 is 0 Å². The van der Waals surface area contributed by atoms with E-state index >= 15 is 0 Å². The molecule has 2 aliphatic heterocycles. The van der Waals surface area contributed by atoms with Gasteiger partial charge in [-0.15, -0.1) is 10.2 Å². The molecule has 1 atom stereocenters. The van der Waals surface area contributed by atoms with E-state index in [2.05, 4.69) is 14.8 Å². The first-order valence-corrected chi connectivity index (χ1v) is 10.2. The van der Waals surface area contributed by atoms with Crippen molar-refractivity contribution in [3.8, 4) is 0 Å². The minimum Gasteiger partial charge on any atom is -0.457 e. The van der Waals surface area contributed by atoms with Gasteiger partial charge in [-0.1, -0.05) is 24.6 Å². The zero-order valence-corrected chi connectivity index (χ0v) is 15.9. The van der Waals surface area contributed by atoms with Crippen molar-refractivity contribution in [1.29, 1.82) is 0 Å². The van der Waals surface area contributed by atoms with E-state index in [0.29, 0.717) is 5.76 Å². The first kappa shape index (κ1) is 17.2. The first-order valence-electron chi connectivity index (χ1n) is 10.2. The Hall–Kier alpha value is -2.89. The number of hydrogen-bond donors (Lipinski definition) is 0. The number of rotatable bonds is 3. The van der Waals surface area contributed by atoms with Gasteiger partial charge in [0.1, 0.15) is 17.2 Å². The molecule has 0 spiro atoms. The molecule has 1 amide bonds. The van der Waals surface area contributed by atoms with E-state index in [0.717, 1.165) is 61.4 Å². The molecule has 4 heterocycles. The minimum absolute atomic E-state index is 0.00827. The number of carbonyl (C=O) groups excluding carboxylic acids is 1. The number of nitrogens with zero attached hydrogens (tertiary/aromatic N) is 4. The molecule has 6 heteroatoms. The highest BCUT2D eigenvalue weighted by atomic mass is 16.3. The summed E-state index contributed by atoms with van der Waals surface area (Å²) in [4.78, 5) is 14.8. The van der Waals surface area contributed by atoms with Crippen molar-refractivity contribution >= 4 is 23.0 Å². The van der Waals surface area contributed by atoms with Gasteiger partial charge in [0.15, 0.2) is 5.82 Å². The molecule has 1 saturated heterocycles. The van der Waals surface area contributed by atoms with Crippen LogP contribution in [0.15, 0.2) is 40.8 Å². The summed E-state index contributed by atoms with van der Waals surface area (Å²) in [5, 5.41) is 9.93. The smallest absolute Gasteiger partial charge is 0.247 e. The monoisotopic (exact) mass is 376 g/mol. The van der Waals surface area contributed by atoms with Crippen LogP contribution in [-0.4, -0.2) is 32.1 Å². The number of benzene rings is 1. The third-order valence-electron chi connectivity index (χ3n) is 5.81. The van der Waals surface area contributed by atoms with Crippen LogP contribution in [0, 0.1) is 0 Å². The van der Waals surface area contributed by atoms with Gasteiger partial charge in [-0.25, -0.2) is 0 Å². The number of likely N-dealkylation sites (tertiary alicyclic amines) is 1. The summed E-state index contributed by atoms with van der Waals surface area (Å²) in [5.74, 6) is 2.74. The van der Waals surface area contributed by atoms with Crippen molar-refractivity contribution in [1.82, 2.24) is 19.7 Å². The average molecular weight is 376 g/mol. The number of amides is 1. The van der Waals surface area contributed by atoms with Gasteiger partial charge in [-0.05, 0) is 43.9 Å². The lowest BCUT2D eigenvalue weighted by Crippen LogP contribution is -2.30. The van der Waals surface area contributed by atoms with Crippen LogP contribution >= 0.6 is 0 Å². The second-order valence-corrected chi connectivity index (χ2v) is 7.65. The molecule has 5 rings (SSSR count). The molecular formula is C22H24N4O2. The first-order chi connectivity index (χ1) is 13.8. The number of aryl methyl sites for hydroxylation is 1.